The molecule has 0 aromatic rings. The summed E-state index contributed by atoms with van der Waals surface area (Å²) >= 11 is 0. The number of nitrogens with one attached hydrogen (secondary N) is 1. The van der Waals surface area contributed by atoms with Gasteiger partial charge in [0.05, 0.1) is 25.2 Å². The highest BCUT2D eigenvalue weighted by Crippen LogP contribution is 2.17. The highest BCUT2D eigenvalue weighted by Gasteiger charge is 2.24. The predicted molar refractivity (Wildman–Crippen MR) is 273 cm³/mol. The smallest absolute Gasteiger partial charge is 0.306 e. The summed E-state index contributed by atoms with van der Waals surface area (Å²) in [7, 11) is 0. The summed E-state index contributed by atoms with van der Waals surface area (Å²) in [5, 5.41) is 23.8. The Morgan fingerprint density at radius 1 is 0.460 bits per heavy atom. The number of hydrogen-bond donors (Lipinski definition) is 3. The molecule has 0 aliphatic heterocycles. The van der Waals surface area contributed by atoms with Crippen molar-refractivity contribution in [2.24, 2.45) is 0 Å². The van der Waals surface area contributed by atoms with E-state index in [0.29, 0.717) is 19.3 Å². The lowest BCUT2D eigenvalue weighted by atomic mass is 10.0. The molecule has 3 N–H and O–H groups in total. The third kappa shape index (κ3) is 45.7. The van der Waals surface area contributed by atoms with E-state index in [9.17, 15) is 19.8 Å². The van der Waals surface area contributed by atoms with Crippen molar-refractivity contribution in [2.45, 2.75) is 270 Å². The van der Waals surface area contributed by atoms with Crippen molar-refractivity contribution in [1.29, 1.82) is 0 Å². The second-order valence-electron chi connectivity index (χ2n) is 18.0. The zero-order valence-electron chi connectivity index (χ0n) is 41.4. The van der Waals surface area contributed by atoms with Crippen LogP contribution in [0.4, 0.5) is 0 Å². The molecule has 1 amide bonds. The molecule has 6 nitrogen and oxygen atoms in total. The monoisotopic (exact) mass is 880 g/mol. The van der Waals surface area contributed by atoms with Crippen molar-refractivity contribution in [3.63, 3.8) is 0 Å². The molecule has 0 aliphatic carbocycles. The molecule has 6 heteroatoms. The van der Waals surface area contributed by atoms with E-state index in [-0.39, 0.29) is 24.9 Å². The molecular weight excluding hydrogens is 779 g/mol. The molecule has 0 bridgehead atoms. The lowest BCUT2D eigenvalue weighted by Gasteiger charge is -2.24. The van der Waals surface area contributed by atoms with Gasteiger partial charge in [0.15, 0.2) is 0 Å². The average Bonchev–Trinajstić information content (AvgIpc) is 3.28. The maximum Gasteiger partial charge on any atom is 0.306 e. The van der Waals surface area contributed by atoms with Gasteiger partial charge < -0.3 is 20.3 Å². The van der Waals surface area contributed by atoms with E-state index in [1.54, 1.807) is 0 Å². The Morgan fingerprint density at radius 2 is 0.810 bits per heavy atom. The quantitative estimate of drug-likeness (QED) is 0.0321. The molecule has 3 unspecified atom stereocenters. The van der Waals surface area contributed by atoms with E-state index in [1.807, 2.05) is 6.08 Å². The van der Waals surface area contributed by atoms with Crippen molar-refractivity contribution in [3.05, 3.63) is 72.9 Å². The fraction of sp³-hybridized carbons (Fsp3) is 0.754. The Morgan fingerprint density at radius 3 is 1.29 bits per heavy atom. The minimum Gasteiger partial charge on any atom is -0.462 e. The maximum atomic E-state index is 13.2. The van der Waals surface area contributed by atoms with Crippen LogP contribution in [0.15, 0.2) is 72.9 Å². The molecule has 0 saturated carbocycles. The van der Waals surface area contributed by atoms with Crippen LogP contribution < -0.4 is 5.32 Å². The predicted octanol–water partition coefficient (Wildman–Crippen LogP) is 16.2. The first-order valence-corrected chi connectivity index (χ1v) is 26.7. The Labute approximate surface area is 390 Å². The van der Waals surface area contributed by atoms with Gasteiger partial charge >= 0.3 is 5.97 Å². The fourth-order valence-corrected chi connectivity index (χ4v) is 7.79. The van der Waals surface area contributed by atoms with Crippen molar-refractivity contribution in [2.75, 3.05) is 6.61 Å². The first-order valence-electron chi connectivity index (χ1n) is 26.7. The lowest BCUT2D eigenvalue weighted by Crippen LogP contribution is -2.46. The van der Waals surface area contributed by atoms with Gasteiger partial charge in [0.2, 0.25) is 5.91 Å². The normalized spacial score (nSPS) is 13.8. The Bertz CT molecular complexity index is 1170. The van der Waals surface area contributed by atoms with E-state index in [1.165, 1.54) is 122 Å². The minimum absolute atomic E-state index is 0.0387. The fourth-order valence-electron chi connectivity index (χ4n) is 7.79. The van der Waals surface area contributed by atoms with Gasteiger partial charge in [-0.1, -0.05) is 235 Å². The van der Waals surface area contributed by atoms with Crippen LogP contribution in [0.1, 0.15) is 252 Å². The van der Waals surface area contributed by atoms with Gasteiger partial charge in [-0.3, -0.25) is 9.59 Å². The molecule has 63 heavy (non-hydrogen) atoms. The van der Waals surface area contributed by atoms with Gasteiger partial charge in [0, 0.05) is 6.42 Å². The van der Waals surface area contributed by atoms with Crippen LogP contribution in [0.2, 0.25) is 0 Å². The summed E-state index contributed by atoms with van der Waals surface area (Å²) in [6.07, 6.45) is 63.8. The average molecular weight is 880 g/mol. The van der Waals surface area contributed by atoms with Gasteiger partial charge in [-0.25, -0.2) is 0 Å². The molecule has 0 spiro atoms. The molecule has 3 atom stereocenters. The molecule has 364 valence electrons. The Hall–Kier alpha value is -2.70. The summed E-state index contributed by atoms with van der Waals surface area (Å²) in [5.74, 6) is -0.544. The van der Waals surface area contributed by atoms with Gasteiger partial charge in [0.1, 0.15) is 6.10 Å². The number of allylic oxidation sites excluding steroid dienone is 12. The number of aliphatic hydroxyl groups excluding tert-OH is 2. The molecule has 0 aromatic heterocycles. The number of carbonyl (C=O) groups is 2. The van der Waals surface area contributed by atoms with E-state index >= 15 is 0 Å². The molecule has 0 radical (unpaired) electrons. The van der Waals surface area contributed by atoms with Crippen molar-refractivity contribution in [1.82, 2.24) is 5.32 Å². The SMILES string of the molecule is CCCCC/C=C/C=C/C=C/C=C/CCCCCC(CC(=O)NC(CO)C(O)CCCCCCCCCCCCCC)OC(=O)CCCCC/C=C/C=C/CCCCCCCCC. The van der Waals surface area contributed by atoms with Crippen LogP contribution in [-0.2, 0) is 14.3 Å². The Kier molecular flexibility index (Phi) is 48.1. The second-order valence-corrected chi connectivity index (χ2v) is 18.0. The van der Waals surface area contributed by atoms with E-state index < -0.39 is 18.2 Å². The topological polar surface area (TPSA) is 95.9 Å². The van der Waals surface area contributed by atoms with Crippen LogP contribution >= 0.6 is 0 Å². The van der Waals surface area contributed by atoms with Crippen LogP contribution in [0, 0.1) is 0 Å². The van der Waals surface area contributed by atoms with Gasteiger partial charge in [0.25, 0.3) is 0 Å². The highest BCUT2D eigenvalue weighted by atomic mass is 16.5. The van der Waals surface area contributed by atoms with Crippen LogP contribution in [0.25, 0.3) is 0 Å². The molecule has 0 saturated heterocycles. The van der Waals surface area contributed by atoms with Gasteiger partial charge in [-0.05, 0) is 77.0 Å². The van der Waals surface area contributed by atoms with Crippen molar-refractivity contribution in [3.8, 4) is 0 Å². The van der Waals surface area contributed by atoms with Crippen LogP contribution in [0.5, 0.6) is 0 Å². The number of rotatable bonds is 47. The summed E-state index contributed by atoms with van der Waals surface area (Å²) in [4.78, 5) is 26.2. The molecule has 0 aromatic carbocycles. The van der Waals surface area contributed by atoms with Crippen LogP contribution in [0.3, 0.4) is 0 Å². The first-order chi connectivity index (χ1) is 31.0. The number of aliphatic hydroxyl groups is 2. The standard InChI is InChI=1S/C57H101NO5/c1-4-7-10-13-16-19-22-25-27-29-31-33-36-39-42-45-48-53(63-57(62)50-47-44-41-38-35-32-30-28-26-23-20-17-14-11-8-5-2)51-56(61)58-54(52-59)55(60)49-46-43-40-37-34-24-21-18-15-12-9-6-3/h16,19,22,25,27-33,35,53-55,59-60H,4-15,17-18,20-21,23-24,26,34,36-52H2,1-3H3,(H,58,61)/b19-16+,25-22+,29-27+,30-28+,33-31+,35-32+. The minimum atomic E-state index is -0.806. The lowest BCUT2D eigenvalue weighted by molar-refractivity contribution is -0.151. The first kappa shape index (κ1) is 60.3. The van der Waals surface area contributed by atoms with E-state index in [4.69, 9.17) is 4.74 Å². The zero-order chi connectivity index (χ0) is 45.9. The number of hydrogen-bond acceptors (Lipinski definition) is 5. The zero-order valence-corrected chi connectivity index (χ0v) is 41.4. The third-order valence-corrected chi connectivity index (χ3v) is 11.9. The molecule has 0 rings (SSSR count). The van der Waals surface area contributed by atoms with E-state index in [2.05, 4.69) is 92.9 Å². The highest BCUT2D eigenvalue weighted by molar-refractivity contribution is 5.77. The largest absolute Gasteiger partial charge is 0.462 e. The van der Waals surface area contributed by atoms with Gasteiger partial charge in [-0.15, -0.1) is 0 Å². The molecule has 0 aliphatic rings. The third-order valence-electron chi connectivity index (χ3n) is 11.9. The van der Waals surface area contributed by atoms with Crippen molar-refractivity contribution >= 4 is 11.9 Å². The number of amides is 1. The number of carbonyl (C=O) groups excluding carboxylic acids is 2. The van der Waals surface area contributed by atoms with E-state index in [0.717, 1.165) is 83.5 Å². The van der Waals surface area contributed by atoms with Crippen molar-refractivity contribution < 1.29 is 24.5 Å². The van der Waals surface area contributed by atoms with Gasteiger partial charge in [-0.2, -0.15) is 0 Å². The summed E-state index contributed by atoms with van der Waals surface area (Å²) in [5.41, 5.74) is 0. The summed E-state index contributed by atoms with van der Waals surface area (Å²) in [6.45, 7) is 6.42. The number of ether oxygens (including phenoxy) is 1. The molecular formula is C57H101NO5. The number of unbranched alkanes of at least 4 members (excludes halogenated alkanes) is 27. The molecule has 0 heterocycles. The van der Waals surface area contributed by atoms with Crippen LogP contribution in [-0.4, -0.2) is 46.9 Å². The summed E-state index contributed by atoms with van der Waals surface area (Å²) < 4.78 is 5.91. The molecule has 0 fully saturated rings. The second kappa shape index (κ2) is 50.3. The Balaban J connectivity index is 4.73. The maximum absolute atomic E-state index is 13.2. The number of esters is 1. The summed E-state index contributed by atoms with van der Waals surface area (Å²) in [6, 6.07) is -0.723.